The van der Waals surface area contributed by atoms with Crippen molar-refractivity contribution < 1.29 is 27.9 Å². The van der Waals surface area contributed by atoms with E-state index < -0.39 is 40.5 Å². The average Bonchev–Trinajstić information content (AvgIpc) is 3.04. The van der Waals surface area contributed by atoms with Gasteiger partial charge in [-0.15, -0.1) is 11.3 Å². The number of benzene rings is 1. The van der Waals surface area contributed by atoms with Gasteiger partial charge < -0.3 is 9.84 Å². The molecule has 0 spiro atoms. The number of carbonyl (C=O) groups is 2. The smallest absolute Gasteiger partial charge is 0.327 e. The van der Waals surface area contributed by atoms with Crippen molar-refractivity contribution in [3.8, 4) is 0 Å². The molecule has 27 heavy (non-hydrogen) atoms. The Morgan fingerprint density at radius 1 is 1.26 bits per heavy atom. The highest BCUT2D eigenvalue weighted by atomic mass is 79.9. The lowest BCUT2D eigenvalue weighted by atomic mass is 10.2. The second-order valence-electron chi connectivity index (χ2n) is 5.43. The number of hydrogen-bond donors (Lipinski definition) is 2. The van der Waals surface area contributed by atoms with Gasteiger partial charge >= 0.3 is 5.97 Å². The van der Waals surface area contributed by atoms with Crippen LogP contribution < -0.4 is 4.72 Å². The highest BCUT2D eigenvalue weighted by Gasteiger charge is 2.31. The largest absolute Gasteiger partial charge is 0.456 e. The van der Waals surface area contributed by atoms with Gasteiger partial charge in [0.25, 0.3) is 0 Å². The quantitative estimate of drug-likeness (QED) is 0.429. The zero-order valence-electron chi connectivity index (χ0n) is 13.9. The van der Waals surface area contributed by atoms with E-state index in [1.54, 1.807) is 12.1 Å². The van der Waals surface area contributed by atoms with E-state index in [9.17, 15) is 23.1 Å². The van der Waals surface area contributed by atoms with Crippen molar-refractivity contribution in [3.63, 3.8) is 0 Å². The molecule has 0 saturated carbocycles. The fourth-order valence-electron chi connectivity index (χ4n) is 1.95. The summed E-state index contributed by atoms with van der Waals surface area (Å²) in [6, 6.07) is 6.95. The molecule has 0 bridgehead atoms. The number of rotatable bonds is 8. The first-order chi connectivity index (χ1) is 12.6. The number of aliphatic hydroxyl groups is 1. The molecular formula is C16H15BrClNO6S2. The highest BCUT2D eigenvalue weighted by Crippen LogP contribution is 2.22. The van der Waals surface area contributed by atoms with E-state index in [0.29, 0.717) is 9.90 Å². The minimum absolute atomic E-state index is 0.134. The molecule has 2 N–H and O–H groups in total. The maximum atomic E-state index is 12.4. The summed E-state index contributed by atoms with van der Waals surface area (Å²) in [6.45, 7) is 0.659. The maximum absolute atomic E-state index is 12.4. The number of thiophene rings is 1. The van der Waals surface area contributed by atoms with Crippen molar-refractivity contribution in [2.75, 3.05) is 6.61 Å². The lowest BCUT2D eigenvalue weighted by molar-refractivity contribution is -0.147. The summed E-state index contributed by atoms with van der Waals surface area (Å²) in [5.41, 5.74) is 0. The predicted octanol–water partition coefficient (Wildman–Crippen LogP) is 2.62. The van der Waals surface area contributed by atoms with Crippen LogP contribution in [0, 0.1) is 0 Å². The topological polar surface area (TPSA) is 110 Å². The van der Waals surface area contributed by atoms with Crippen LogP contribution in [-0.4, -0.2) is 44.0 Å². The molecule has 0 amide bonds. The SMILES string of the molecule is CC(O)C(NS(=O)(=O)c1ccc(Cl)cc1)C(=O)OCC(=O)c1ccc(Br)s1. The lowest BCUT2D eigenvalue weighted by Crippen LogP contribution is -2.48. The molecule has 0 saturated heterocycles. The van der Waals surface area contributed by atoms with Crippen molar-refractivity contribution in [1.82, 2.24) is 4.72 Å². The number of halogens is 2. The molecular weight excluding hydrogens is 482 g/mol. The predicted molar refractivity (Wildman–Crippen MR) is 105 cm³/mol. The van der Waals surface area contributed by atoms with Gasteiger partial charge in [0.1, 0.15) is 6.04 Å². The first-order valence-electron chi connectivity index (χ1n) is 7.51. The van der Waals surface area contributed by atoms with Crippen LogP contribution in [0.2, 0.25) is 5.02 Å². The molecule has 2 rings (SSSR count). The van der Waals surface area contributed by atoms with E-state index in [4.69, 9.17) is 16.3 Å². The molecule has 1 aromatic heterocycles. The number of Topliss-reactive ketones (excluding diaryl/α,β-unsaturated/α-hetero) is 1. The van der Waals surface area contributed by atoms with E-state index in [1.807, 2.05) is 0 Å². The van der Waals surface area contributed by atoms with Gasteiger partial charge in [-0.1, -0.05) is 11.6 Å². The Bertz CT molecular complexity index is 927. The van der Waals surface area contributed by atoms with Gasteiger partial charge in [-0.25, -0.2) is 8.42 Å². The van der Waals surface area contributed by atoms with Crippen LogP contribution in [0.25, 0.3) is 0 Å². The van der Waals surface area contributed by atoms with Crippen LogP contribution in [0.5, 0.6) is 0 Å². The van der Waals surface area contributed by atoms with Gasteiger partial charge in [0.15, 0.2) is 6.61 Å². The summed E-state index contributed by atoms with van der Waals surface area (Å²) in [4.78, 5) is 24.4. The van der Waals surface area contributed by atoms with Gasteiger partial charge in [0.05, 0.1) is 19.7 Å². The standard InChI is InChI=1S/C16H15BrClNO6S2/c1-9(20)15(19-27(23,24)11-4-2-10(18)3-5-11)16(22)25-8-12(21)13-6-7-14(17)26-13/h2-7,9,15,19-20H,8H2,1H3. The van der Waals surface area contributed by atoms with E-state index in [0.717, 1.165) is 3.79 Å². The molecule has 7 nitrogen and oxygen atoms in total. The van der Waals surface area contributed by atoms with E-state index >= 15 is 0 Å². The molecule has 0 aliphatic rings. The number of carbonyl (C=O) groups excluding carboxylic acids is 2. The van der Waals surface area contributed by atoms with Gasteiger partial charge in [0.2, 0.25) is 15.8 Å². The molecule has 0 fully saturated rings. The average molecular weight is 497 g/mol. The maximum Gasteiger partial charge on any atom is 0.327 e. The molecule has 1 heterocycles. The molecule has 0 aliphatic heterocycles. The van der Waals surface area contributed by atoms with Crippen LogP contribution in [0.3, 0.4) is 0 Å². The molecule has 0 radical (unpaired) electrons. The third kappa shape index (κ3) is 6.09. The van der Waals surface area contributed by atoms with Crippen molar-refractivity contribution in [1.29, 1.82) is 0 Å². The summed E-state index contributed by atoms with van der Waals surface area (Å²) in [5, 5.41) is 10.1. The minimum Gasteiger partial charge on any atom is -0.456 e. The Hall–Kier alpha value is -1.30. The Morgan fingerprint density at radius 2 is 1.89 bits per heavy atom. The monoisotopic (exact) mass is 495 g/mol. The zero-order valence-corrected chi connectivity index (χ0v) is 17.9. The Labute approximate surface area is 173 Å². The molecule has 146 valence electrons. The number of ether oxygens (including phenoxy) is 1. The molecule has 0 aliphatic carbocycles. The van der Waals surface area contributed by atoms with Crippen LogP contribution in [0.15, 0.2) is 45.1 Å². The summed E-state index contributed by atoms with van der Waals surface area (Å²) >= 11 is 10.1. The number of hydrogen-bond acceptors (Lipinski definition) is 7. The molecule has 2 atom stereocenters. The Kier molecular flexibility index (Phi) is 7.55. The number of sulfonamides is 1. The fraction of sp³-hybridized carbons (Fsp3) is 0.250. The van der Waals surface area contributed by atoms with Crippen LogP contribution in [0.1, 0.15) is 16.6 Å². The van der Waals surface area contributed by atoms with Crippen molar-refractivity contribution in [2.45, 2.75) is 24.0 Å². The highest BCUT2D eigenvalue weighted by molar-refractivity contribution is 9.11. The normalized spacial score (nSPS) is 13.8. The third-order valence-electron chi connectivity index (χ3n) is 3.34. The zero-order chi connectivity index (χ0) is 20.2. The van der Waals surface area contributed by atoms with Gasteiger partial charge in [0, 0.05) is 5.02 Å². The second kappa shape index (κ2) is 9.26. The van der Waals surface area contributed by atoms with Crippen molar-refractivity contribution >= 4 is 60.6 Å². The Morgan fingerprint density at radius 3 is 2.41 bits per heavy atom. The van der Waals surface area contributed by atoms with Gasteiger partial charge in [-0.05, 0) is 59.3 Å². The van der Waals surface area contributed by atoms with Crippen molar-refractivity contribution in [2.24, 2.45) is 0 Å². The summed E-state index contributed by atoms with van der Waals surface area (Å²) < 4.78 is 32.5. The minimum atomic E-state index is -4.11. The number of aliphatic hydroxyl groups excluding tert-OH is 1. The molecule has 2 aromatic rings. The van der Waals surface area contributed by atoms with Gasteiger partial charge in [-0.2, -0.15) is 4.72 Å². The van der Waals surface area contributed by atoms with E-state index in [-0.39, 0.29) is 4.90 Å². The van der Waals surface area contributed by atoms with Crippen LogP contribution in [-0.2, 0) is 19.6 Å². The van der Waals surface area contributed by atoms with Crippen molar-refractivity contribution in [3.05, 3.63) is 50.1 Å². The fourth-order valence-corrected chi connectivity index (χ4v) is 4.65. The number of nitrogens with one attached hydrogen (secondary N) is 1. The molecule has 2 unspecified atom stereocenters. The van der Waals surface area contributed by atoms with E-state index in [2.05, 4.69) is 20.7 Å². The molecule has 1 aromatic carbocycles. The van der Waals surface area contributed by atoms with Gasteiger partial charge in [-0.3, -0.25) is 9.59 Å². The summed E-state index contributed by atoms with van der Waals surface area (Å²) in [6.07, 6.45) is -1.38. The number of ketones is 1. The second-order valence-corrected chi connectivity index (χ2v) is 10.0. The summed E-state index contributed by atoms with van der Waals surface area (Å²) in [5.74, 6) is -1.50. The first kappa shape index (κ1) is 22.0. The Balaban J connectivity index is 2.06. The number of esters is 1. The van der Waals surface area contributed by atoms with Crippen LogP contribution in [0.4, 0.5) is 0 Å². The molecule has 11 heteroatoms. The third-order valence-corrected chi connectivity index (χ3v) is 6.71. The van der Waals surface area contributed by atoms with Crippen LogP contribution >= 0.6 is 38.9 Å². The first-order valence-corrected chi connectivity index (χ1v) is 11.0. The van der Waals surface area contributed by atoms with E-state index in [1.165, 1.54) is 42.5 Å². The lowest BCUT2D eigenvalue weighted by Gasteiger charge is -2.19. The summed E-state index contributed by atoms with van der Waals surface area (Å²) in [7, 11) is -4.11.